The van der Waals surface area contributed by atoms with Crippen LogP contribution < -0.4 is 5.73 Å². The van der Waals surface area contributed by atoms with Crippen LogP contribution in [0.25, 0.3) is 0 Å². The van der Waals surface area contributed by atoms with Crippen molar-refractivity contribution in [3.05, 3.63) is 35.9 Å². The van der Waals surface area contributed by atoms with Crippen molar-refractivity contribution in [3.63, 3.8) is 0 Å². The summed E-state index contributed by atoms with van der Waals surface area (Å²) in [5.41, 5.74) is 5.17. The minimum absolute atomic E-state index is 0.0265. The highest BCUT2D eigenvalue weighted by molar-refractivity contribution is 7.80. The lowest BCUT2D eigenvalue weighted by atomic mass is 10.1. The number of aliphatic hydroxyl groups is 2. The SMILES string of the molecule is N[C@@H](CS)C(=O)OC(=O)C(O)(O)c1ccccc1. The molecule has 6 nitrogen and oxygen atoms in total. The molecule has 0 aliphatic rings. The third-order valence-electron chi connectivity index (χ3n) is 2.15. The first kappa shape index (κ1) is 14.7. The van der Waals surface area contributed by atoms with Crippen molar-refractivity contribution in [2.45, 2.75) is 11.8 Å². The molecule has 0 unspecified atom stereocenters. The predicted molar refractivity (Wildman–Crippen MR) is 65.5 cm³/mol. The molecule has 0 aliphatic heterocycles. The molecular weight excluding hydrogens is 258 g/mol. The number of ether oxygens (including phenoxy) is 1. The third-order valence-corrected chi connectivity index (χ3v) is 2.55. The number of benzene rings is 1. The first-order chi connectivity index (χ1) is 8.39. The van der Waals surface area contributed by atoms with Crippen LogP contribution in [0.1, 0.15) is 5.56 Å². The van der Waals surface area contributed by atoms with Crippen molar-refractivity contribution < 1.29 is 24.5 Å². The highest BCUT2D eigenvalue weighted by Crippen LogP contribution is 2.19. The first-order valence-electron chi connectivity index (χ1n) is 5.02. The number of hydrogen-bond acceptors (Lipinski definition) is 7. The zero-order valence-electron chi connectivity index (χ0n) is 9.31. The monoisotopic (exact) mass is 271 g/mol. The topological polar surface area (TPSA) is 110 Å². The van der Waals surface area contributed by atoms with Crippen LogP contribution in [0.5, 0.6) is 0 Å². The summed E-state index contributed by atoms with van der Waals surface area (Å²) in [5, 5.41) is 19.3. The molecule has 0 bridgehead atoms. The molecule has 0 aliphatic carbocycles. The number of thiol groups is 1. The van der Waals surface area contributed by atoms with Crippen LogP contribution in [-0.2, 0) is 20.1 Å². The zero-order chi connectivity index (χ0) is 13.8. The van der Waals surface area contributed by atoms with Crippen LogP contribution >= 0.6 is 12.6 Å². The molecular formula is C11H13NO5S. The maximum absolute atomic E-state index is 11.5. The summed E-state index contributed by atoms with van der Waals surface area (Å²) < 4.78 is 4.27. The number of rotatable bonds is 4. The Balaban J connectivity index is 2.81. The van der Waals surface area contributed by atoms with Crippen LogP contribution in [0.15, 0.2) is 30.3 Å². The first-order valence-corrected chi connectivity index (χ1v) is 5.65. The molecule has 0 saturated heterocycles. The van der Waals surface area contributed by atoms with E-state index in [1.165, 1.54) is 24.3 Å². The lowest BCUT2D eigenvalue weighted by molar-refractivity contribution is -0.214. The van der Waals surface area contributed by atoms with Gasteiger partial charge in [0, 0.05) is 11.3 Å². The number of nitrogens with two attached hydrogens (primary N) is 1. The van der Waals surface area contributed by atoms with Gasteiger partial charge in [-0.2, -0.15) is 12.6 Å². The predicted octanol–water partition coefficient (Wildman–Crippen LogP) is -0.849. The summed E-state index contributed by atoms with van der Waals surface area (Å²) in [7, 11) is 0. The van der Waals surface area contributed by atoms with Crippen LogP contribution in [0.3, 0.4) is 0 Å². The summed E-state index contributed by atoms with van der Waals surface area (Å²) in [6.45, 7) is 0. The minimum Gasteiger partial charge on any atom is -0.388 e. The highest BCUT2D eigenvalue weighted by atomic mass is 32.1. The largest absolute Gasteiger partial charge is 0.388 e. The van der Waals surface area contributed by atoms with Gasteiger partial charge in [-0.3, -0.25) is 0 Å². The van der Waals surface area contributed by atoms with Gasteiger partial charge in [-0.05, 0) is 0 Å². The van der Waals surface area contributed by atoms with E-state index in [0.717, 1.165) is 0 Å². The summed E-state index contributed by atoms with van der Waals surface area (Å²) in [6.07, 6.45) is 0. The molecule has 0 radical (unpaired) electrons. The van der Waals surface area contributed by atoms with Crippen LogP contribution in [0, 0.1) is 0 Å². The average Bonchev–Trinajstić information content (AvgIpc) is 2.38. The van der Waals surface area contributed by atoms with E-state index in [0.29, 0.717) is 0 Å². The summed E-state index contributed by atoms with van der Waals surface area (Å²) in [4.78, 5) is 22.7. The van der Waals surface area contributed by atoms with Gasteiger partial charge in [0.2, 0.25) is 0 Å². The standard InChI is InChI=1S/C11H13NO5S/c12-8(6-18)9(13)17-10(14)11(15,16)7-4-2-1-3-5-7/h1-5,8,15-16,18H,6,12H2/t8-/m0/s1. The van der Waals surface area contributed by atoms with Gasteiger partial charge in [-0.1, -0.05) is 30.3 Å². The molecule has 0 spiro atoms. The number of carbonyl (C=O) groups is 2. The van der Waals surface area contributed by atoms with Crippen molar-refractivity contribution in [1.82, 2.24) is 0 Å². The van der Waals surface area contributed by atoms with Crippen LogP contribution in [0.4, 0.5) is 0 Å². The number of carbonyl (C=O) groups excluding carboxylic acids is 2. The van der Waals surface area contributed by atoms with Crippen molar-refractivity contribution in [1.29, 1.82) is 0 Å². The summed E-state index contributed by atoms with van der Waals surface area (Å²) >= 11 is 3.76. The van der Waals surface area contributed by atoms with Gasteiger partial charge in [0.25, 0.3) is 5.79 Å². The van der Waals surface area contributed by atoms with E-state index in [2.05, 4.69) is 17.4 Å². The second-order valence-electron chi connectivity index (χ2n) is 3.54. The van der Waals surface area contributed by atoms with Gasteiger partial charge >= 0.3 is 11.9 Å². The Labute approximate surface area is 109 Å². The molecule has 1 aromatic carbocycles. The highest BCUT2D eigenvalue weighted by Gasteiger charge is 2.39. The third kappa shape index (κ3) is 3.30. The Bertz CT molecular complexity index is 434. The van der Waals surface area contributed by atoms with Crippen molar-refractivity contribution in [3.8, 4) is 0 Å². The molecule has 1 atom stereocenters. The van der Waals surface area contributed by atoms with E-state index in [-0.39, 0.29) is 11.3 Å². The van der Waals surface area contributed by atoms with Gasteiger partial charge in [0.1, 0.15) is 6.04 Å². The fourth-order valence-corrected chi connectivity index (χ4v) is 1.25. The summed E-state index contributed by atoms with van der Waals surface area (Å²) in [6, 6.07) is 6.15. The molecule has 7 heteroatoms. The van der Waals surface area contributed by atoms with E-state index in [1.807, 2.05) is 0 Å². The van der Waals surface area contributed by atoms with Crippen molar-refractivity contribution >= 4 is 24.6 Å². The lowest BCUT2D eigenvalue weighted by Crippen LogP contribution is -2.42. The Morgan fingerprint density at radius 1 is 1.33 bits per heavy atom. The molecule has 0 saturated carbocycles. The van der Waals surface area contributed by atoms with E-state index in [4.69, 9.17) is 5.73 Å². The number of hydrogen-bond donors (Lipinski definition) is 4. The van der Waals surface area contributed by atoms with Crippen molar-refractivity contribution in [2.75, 3.05) is 5.75 Å². The molecule has 1 rings (SSSR count). The van der Waals surface area contributed by atoms with Crippen LogP contribution in [-0.4, -0.2) is 33.9 Å². The molecule has 0 fully saturated rings. The maximum atomic E-state index is 11.5. The second-order valence-corrected chi connectivity index (χ2v) is 3.90. The molecule has 4 N–H and O–H groups in total. The smallest absolute Gasteiger partial charge is 0.379 e. The van der Waals surface area contributed by atoms with Gasteiger partial charge < -0.3 is 20.7 Å². The van der Waals surface area contributed by atoms with E-state index >= 15 is 0 Å². The molecule has 1 aromatic rings. The van der Waals surface area contributed by atoms with E-state index in [1.54, 1.807) is 6.07 Å². The Kier molecular flexibility index (Phi) is 4.85. The van der Waals surface area contributed by atoms with Gasteiger partial charge in [0.05, 0.1) is 0 Å². The normalized spacial score (nSPS) is 12.9. The Morgan fingerprint density at radius 2 is 1.89 bits per heavy atom. The van der Waals surface area contributed by atoms with E-state index < -0.39 is 23.8 Å². The quantitative estimate of drug-likeness (QED) is 0.246. The van der Waals surface area contributed by atoms with Gasteiger partial charge in [-0.15, -0.1) is 0 Å². The fraction of sp³-hybridized carbons (Fsp3) is 0.273. The zero-order valence-corrected chi connectivity index (χ0v) is 10.2. The van der Waals surface area contributed by atoms with Crippen LogP contribution in [0.2, 0.25) is 0 Å². The molecule has 0 heterocycles. The maximum Gasteiger partial charge on any atom is 0.379 e. The lowest BCUT2D eigenvalue weighted by Gasteiger charge is -2.19. The molecule has 18 heavy (non-hydrogen) atoms. The fourth-order valence-electron chi connectivity index (χ4n) is 1.10. The van der Waals surface area contributed by atoms with Gasteiger partial charge in [0.15, 0.2) is 0 Å². The minimum atomic E-state index is -2.90. The summed E-state index contributed by atoms with van der Waals surface area (Å²) in [5.74, 6) is -5.50. The molecule has 0 amide bonds. The average molecular weight is 271 g/mol. The molecule has 0 aromatic heterocycles. The van der Waals surface area contributed by atoms with E-state index in [9.17, 15) is 19.8 Å². The molecule has 98 valence electrons. The number of esters is 2. The Morgan fingerprint density at radius 3 is 2.39 bits per heavy atom. The van der Waals surface area contributed by atoms with Crippen molar-refractivity contribution in [2.24, 2.45) is 5.73 Å². The second kappa shape index (κ2) is 5.96. The Hall–Kier alpha value is -1.41. The van der Waals surface area contributed by atoms with Gasteiger partial charge in [-0.25, -0.2) is 9.59 Å².